The van der Waals surface area contributed by atoms with Crippen LogP contribution < -0.4 is 5.73 Å². The Hall–Kier alpha value is -2.10. The van der Waals surface area contributed by atoms with Crippen molar-refractivity contribution in [2.75, 3.05) is 7.05 Å². The highest BCUT2D eigenvalue weighted by Crippen LogP contribution is 2.26. The zero-order valence-corrected chi connectivity index (χ0v) is 12.3. The summed E-state index contributed by atoms with van der Waals surface area (Å²) in [5, 5.41) is 1.16. The molecule has 2 N–H and O–H groups in total. The van der Waals surface area contributed by atoms with Gasteiger partial charge in [0.05, 0.1) is 6.54 Å². The van der Waals surface area contributed by atoms with E-state index in [0.717, 1.165) is 29.8 Å². The number of furan rings is 1. The zero-order valence-electron chi connectivity index (χ0n) is 12.3. The second kappa shape index (κ2) is 6.12. The SMILES string of the molecule is CN(Cc1ccccc1)Cc1c(CN)oc2ccccc12. The molecule has 0 fully saturated rings. The van der Waals surface area contributed by atoms with Gasteiger partial charge in [-0.05, 0) is 18.7 Å². The zero-order chi connectivity index (χ0) is 14.7. The molecule has 0 aliphatic heterocycles. The Bertz CT molecular complexity index is 718. The molecule has 2 aromatic carbocycles. The first-order valence-electron chi connectivity index (χ1n) is 7.19. The molecule has 1 heterocycles. The van der Waals surface area contributed by atoms with E-state index < -0.39 is 0 Å². The molecule has 108 valence electrons. The summed E-state index contributed by atoms with van der Waals surface area (Å²) in [5.41, 5.74) is 9.26. The van der Waals surface area contributed by atoms with E-state index in [1.807, 2.05) is 24.3 Å². The summed E-state index contributed by atoms with van der Waals surface area (Å²) >= 11 is 0. The number of nitrogens with two attached hydrogens (primary N) is 1. The van der Waals surface area contributed by atoms with E-state index in [9.17, 15) is 0 Å². The highest BCUT2D eigenvalue weighted by atomic mass is 16.3. The molecule has 0 atom stereocenters. The average Bonchev–Trinajstić information content (AvgIpc) is 2.86. The van der Waals surface area contributed by atoms with Crippen LogP contribution in [0.3, 0.4) is 0 Å². The molecule has 0 radical (unpaired) electrons. The molecule has 0 amide bonds. The molecular formula is C18H20N2O. The van der Waals surface area contributed by atoms with Gasteiger partial charge in [0.1, 0.15) is 11.3 Å². The molecule has 3 heteroatoms. The molecule has 0 bridgehead atoms. The average molecular weight is 280 g/mol. The maximum absolute atomic E-state index is 5.85. The van der Waals surface area contributed by atoms with Crippen molar-refractivity contribution in [3.63, 3.8) is 0 Å². The Labute approximate surface area is 125 Å². The Morgan fingerprint density at radius 2 is 1.67 bits per heavy atom. The summed E-state index contributed by atoms with van der Waals surface area (Å²) in [6, 6.07) is 18.6. The molecule has 3 aromatic rings. The summed E-state index contributed by atoms with van der Waals surface area (Å²) in [4.78, 5) is 2.28. The summed E-state index contributed by atoms with van der Waals surface area (Å²) in [7, 11) is 2.12. The fourth-order valence-corrected chi connectivity index (χ4v) is 2.71. The molecular weight excluding hydrogens is 260 g/mol. The molecule has 21 heavy (non-hydrogen) atoms. The van der Waals surface area contributed by atoms with Crippen LogP contribution in [-0.4, -0.2) is 11.9 Å². The maximum atomic E-state index is 5.85. The van der Waals surface area contributed by atoms with E-state index in [1.165, 1.54) is 11.1 Å². The van der Waals surface area contributed by atoms with Crippen LogP contribution in [0.15, 0.2) is 59.0 Å². The summed E-state index contributed by atoms with van der Waals surface area (Å²) < 4.78 is 5.85. The third-order valence-electron chi connectivity index (χ3n) is 3.69. The van der Waals surface area contributed by atoms with Crippen molar-refractivity contribution in [3.05, 3.63) is 71.5 Å². The fourth-order valence-electron chi connectivity index (χ4n) is 2.71. The van der Waals surface area contributed by atoms with Crippen LogP contribution in [0.5, 0.6) is 0 Å². The third-order valence-corrected chi connectivity index (χ3v) is 3.69. The van der Waals surface area contributed by atoms with E-state index >= 15 is 0 Å². The van der Waals surface area contributed by atoms with Gasteiger partial charge < -0.3 is 10.2 Å². The molecule has 0 saturated carbocycles. The fraction of sp³-hybridized carbons (Fsp3) is 0.222. The van der Waals surface area contributed by atoms with Gasteiger partial charge in [-0.25, -0.2) is 0 Å². The van der Waals surface area contributed by atoms with Crippen molar-refractivity contribution in [1.29, 1.82) is 0 Å². The first-order chi connectivity index (χ1) is 10.3. The van der Waals surface area contributed by atoms with E-state index in [1.54, 1.807) is 0 Å². The van der Waals surface area contributed by atoms with Crippen molar-refractivity contribution >= 4 is 11.0 Å². The number of para-hydroxylation sites is 1. The van der Waals surface area contributed by atoms with Crippen LogP contribution in [0, 0.1) is 0 Å². The van der Waals surface area contributed by atoms with Crippen molar-refractivity contribution in [3.8, 4) is 0 Å². The molecule has 0 unspecified atom stereocenters. The Morgan fingerprint density at radius 3 is 2.43 bits per heavy atom. The minimum atomic E-state index is 0.434. The first kappa shape index (κ1) is 13.9. The Kier molecular flexibility index (Phi) is 4.04. The first-order valence-corrected chi connectivity index (χ1v) is 7.19. The second-order valence-electron chi connectivity index (χ2n) is 5.36. The number of hydrogen-bond donors (Lipinski definition) is 1. The Balaban J connectivity index is 1.84. The summed E-state index contributed by atoms with van der Waals surface area (Å²) in [5.74, 6) is 0.885. The monoisotopic (exact) mass is 280 g/mol. The standard InChI is InChI=1S/C18H20N2O/c1-20(12-14-7-3-2-4-8-14)13-16-15-9-5-6-10-17(15)21-18(16)11-19/h2-10H,11-13,19H2,1H3. The number of rotatable bonds is 5. The predicted molar refractivity (Wildman–Crippen MR) is 85.7 cm³/mol. The van der Waals surface area contributed by atoms with Gasteiger partial charge in [-0.1, -0.05) is 48.5 Å². The molecule has 0 saturated heterocycles. The molecule has 0 aliphatic carbocycles. The van der Waals surface area contributed by atoms with Crippen molar-refractivity contribution < 1.29 is 4.42 Å². The normalized spacial score (nSPS) is 11.4. The van der Waals surface area contributed by atoms with Crippen molar-refractivity contribution in [2.45, 2.75) is 19.6 Å². The Morgan fingerprint density at radius 1 is 0.952 bits per heavy atom. The van der Waals surface area contributed by atoms with E-state index in [-0.39, 0.29) is 0 Å². The summed E-state index contributed by atoms with van der Waals surface area (Å²) in [6.45, 7) is 2.17. The van der Waals surface area contributed by atoms with E-state index in [2.05, 4.69) is 42.3 Å². The quantitative estimate of drug-likeness (QED) is 0.777. The molecule has 3 rings (SSSR count). The second-order valence-corrected chi connectivity index (χ2v) is 5.36. The van der Waals surface area contributed by atoms with Gasteiger partial charge in [-0.2, -0.15) is 0 Å². The number of fused-ring (bicyclic) bond motifs is 1. The summed E-state index contributed by atoms with van der Waals surface area (Å²) in [6.07, 6.45) is 0. The van der Waals surface area contributed by atoms with Crippen LogP contribution >= 0.6 is 0 Å². The molecule has 3 nitrogen and oxygen atoms in total. The highest BCUT2D eigenvalue weighted by molar-refractivity contribution is 5.82. The van der Waals surface area contributed by atoms with Gasteiger partial charge in [-0.3, -0.25) is 4.90 Å². The lowest BCUT2D eigenvalue weighted by molar-refractivity contribution is 0.316. The predicted octanol–water partition coefficient (Wildman–Crippen LogP) is 3.52. The van der Waals surface area contributed by atoms with Gasteiger partial charge in [-0.15, -0.1) is 0 Å². The van der Waals surface area contributed by atoms with Crippen LogP contribution in [0.25, 0.3) is 11.0 Å². The van der Waals surface area contributed by atoms with Gasteiger partial charge in [0, 0.05) is 24.0 Å². The van der Waals surface area contributed by atoms with E-state index in [4.69, 9.17) is 10.2 Å². The van der Waals surface area contributed by atoms with Crippen LogP contribution in [0.4, 0.5) is 0 Å². The lowest BCUT2D eigenvalue weighted by Crippen LogP contribution is -2.18. The minimum absolute atomic E-state index is 0.434. The van der Waals surface area contributed by atoms with E-state index in [0.29, 0.717) is 6.54 Å². The number of benzene rings is 2. The lowest BCUT2D eigenvalue weighted by atomic mass is 10.1. The molecule has 1 aromatic heterocycles. The largest absolute Gasteiger partial charge is 0.459 e. The topological polar surface area (TPSA) is 42.4 Å². The van der Waals surface area contributed by atoms with Gasteiger partial charge in [0.15, 0.2) is 0 Å². The molecule has 0 aliphatic rings. The van der Waals surface area contributed by atoms with Gasteiger partial charge >= 0.3 is 0 Å². The smallest absolute Gasteiger partial charge is 0.134 e. The van der Waals surface area contributed by atoms with Crippen molar-refractivity contribution in [1.82, 2.24) is 4.90 Å². The van der Waals surface area contributed by atoms with Crippen LogP contribution in [-0.2, 0) is 19.6 Å². The van der Waals surface area contributed by atoms with Crippen LogP contribution in [0.1, 0.15) is 16.9 Å². The minimum Gasteiger partial charge on any atom is -0.459 e. The van der Waals surface area contributed by atoms with Gasteiger partial charge in [0.2, 0.25) is 0 Å². The van der Waals surface area contributed by atoms with Crippen molar-refractivity contribution in [2.24, 2.45) is 5.73 Å². The van der Waals surface area contributed by atoms with Crippen LogP contribution in [0.2, 0.25) is 0 Å². The number of hydrogen-bond acceptors (Lipinski definition) is 3. The molecule has 0 spiro atoms. The van der Waals surface area contributed by atoms with Gasteiger partial charge in [0.25, 0.3) is 0 Å². The highest BCUT2D eigenvalue weighted by Gasteiger charge is 2.14. The maximum Gasteiger partial charge on any atom is 0.134 e. The lowest BCUT2D eigenvalue weighted by Gasteiger charge is -2.16. The number of nitrogens with zero attached hydrogens (tertiary/aromatic N) is 1. The third kappa shape index (κ3) is 2.99.